The molecule has 0 saturated carbocycles. The van der Waals surface area contributed by atoms with Gasteiger partial charge in [-0.25, -0.2) is 8.78 Å². The minimum atomic E-state index is -0.890. The number of nitrogens with one attached hydrogen (secondary N) is 2. The van der Waals surface area contributed by atoms with Crippen molar-refractivity contribution in [2.75, 3.05) is 19.5 Å². The van der Waals surface area contributed by atoms with Crippen LogP contribution in [0.25, 0.3) is 0 Å². The van der Waals surface area contributed by atoms with Crippen LogP contribution in [0, 0.1) is 17.0 Å². The lowest BCUT2D eigenvalue weighted by molar-refractivity contribution is -0.118. The van der Waals surface area contributed by atoms with Crippen molar-refractivity contribution in [3.05, 3.63) is 76.1 Å². The minimum absolute atomic E-state index is 0.0608. The molecule has 2 aliphatic rings. The van der Waals surface area contributed by atoms with Crippen LogP contribution in [0.5, 0.6) is 11.5 Å². The number of dihydropyridines is 1. The van der Waals surface area contributed by atoms with Crippen LogP contribution >= 0.6 is 0 Å². The highest BCUT2D eigenvalue weighted by Crippen LogP contribution is 2.47. The molecule has 184 valence electrons. The molecule has 1 unspecified atom stereocenters. The number of ether oxygens (including phenoxy) is 2. The molecule has 6 nitrogen and oxygen atoms in total. The fourth-order valence-electron chi connectivity index (χ4n) is 4.88. The molecule has 0 fully saturated rings. The number of rotatable bonds is 5. The highest BCUT2D eigenvalue weighted by Gasteiger charge is 2.43. The van der Waals surface area contributed by atoms with E-state index in [1.165, 1.54) is 20.3 Å². The molecule has 1 atom stereocenters. The van der Waals surface area contributed by atoms with Gasteiger partial charge >= 0.3 is 0 Å². The maximum absolute atomic E-state index is 14.3. The third-order valence-corrected chi connectivity index (χ3v) is 6.40. The van der Waals surface area contributed by atoms with Crippen LogP contribution in [-0.4, -0.2) is 25.9 Å². The number of carbonyl (C=O) groups excluding carboxylic acids is 2. The number of benzene rings is 2. The molecule has 0 aromatic heterocycles. The lowest BCUT2D eigenvalue weighted by Crippen LogP contribution is -2.39. The summed E-state index contributed by atoms with van der Waals surface area (Å²) in [6, 6.07) is 8.18. The van der Waals surface area contributed by atoms with Crippen molar-refractivity contribution in [2.45, 2.75) is 39.5 Å². The lowest BCUT2D eigenvalue weighted by Gasteiger charge is -2.39. The molecule has 1 heterocycles. The number of Topliss-reactive ketones (excluding diaryl/α,β-unsaturated/α-hetero) is 1. The van der Waals surface area contributed by atoms with Gasteiger partial charge in [-0.1, -0.05) is 19.9 Å². The molecule has 0 spiro atoms. The van der Waals surface area contributed by atoms with Gasteiger partial charge < -0.3 is 20.1 Å². The molecule has 1 aliphatic heterocycles. The molecule has 1 aliphatic carbocycles. The van der Waals surface area contributed by atoms with Gasteiger partial charge in [0.25, 0.3) is 5.91 Å². The molecule has 8 heteroatoms. The van der Waals surface area contributed by atoms with Gasteiger partial charge in [-0.3, -0.25) is 9.59 Å². The van der Waals surface area contributed by atoms with E-state index >= 15 is 0 Å². The van der Waals surface area contributed by atoms with Crippen molar-refractivity contribution in [2.24, 2.45) is 5.41 Å². The van der Waals surface area contributed by atoms with Crippen LogP contribution in [0.1, 0.15) is 45.1 Å². The molecule has 2 aromatic rings. The Kier molecular flexibility index (Phi) is 6.40. The van der Waals surface area contributed by atoms with Gasteiger partial charge in [0.05, 0.1) is 19.9 Å². The Labute approximate surface area is 203 Å². The molecular weight excluding hydrogens is 454 g/mol. The number of amides is 1. The average Bonchev–Trinajstić information content (AvgIpc) is 2.78. The smallest absolute Gasteiger partial charge is 0.254 e. The second-order valence-electron chi connectivity index (χ2n) is 9.62. The normalized spacial score (nSPS) is 19.2. The van der Waals surface area contributed by atoms with Crippen molar-refractivity contribution in [3.63, 3.8) is 0 Å². The first-order valence-electron chi connectivity index (χ1n) is 11.3. The molecule has 0 saturated heterocycles. The summed E-state index contributed by atoms with van der Waals surface area (Å²) in [5.41, 5.74) is 2.37. The zero-order chi connectivity index (χ0) is 25.5. The highest BCUT2D eigenvalue weighted by molar-refractivity contribution is 6.10. The maximum atomic E-state index is 14.3. The number of allylic oxidation sites excluding steroid dienone is 3. The molecule has 4 rings (SSSR count). The Hall–Kier alpha value is -3.68. The van der Waals surface area contributed by atoms with Crippen LogP contribution in [0.2, 0.25) is 0 Å². The number of hydrogen-bond acceptors (Lipinski definition) is 5. The molecule has 35 heavy (non-hydrogen) atoms. The highest BCUT2D eigenvalue weighted by atomic mass is 19.1. The van der Waals surface area contributed by atoms with E-state index in [2.05, 4.69) is 10.6 Å². The first-order valence-corrected chi connectivity index (χ1v) is 11.3. The van der Waals surface area contributed by atoms with E-state index in [4.69, 9.17) is 9.47 Å². The Morgan fingerprint density at radius 3 is 2.43 bits per heavy atom. The topological polar surface area (TPSA) is 76.7 Å². The number of methoxy groups -OCH3 is 2. The van der Waals surface area contributed by atoms with Crippen LogP contribution in [0.4, 0.5) is 14.5 Å². The van der Waals surface area contributed by atoms with Crippen molar-refractivity contribution >= 4 is 17.4 Å². The Bertz CT molecular complexity index is 1280. The molecule has 2 aromatic carbocycles. The van der Waals surface area contributed by atoms with Crippen LogP contribution in [0.15, 0.2) is 58.9 Å². The Morgan fingerprint density at radius 1 is 1.06 bits per heavy atom. The number of halogens is 2. The zero-order valence-electron chi connectivity index (χ0n) is 20.3. The van der Waals surface area contributed by atoms with E-state index < -0.39 is 23.5 Å². The van der Waals surface area contributed by atoms with E-state index in [1.54, 1.807) is 25.1 Å². The van der Waals surface area contributed by atoms with Crippen LogP contribution < -0.4 is 20.1 Å². The van der Waals surface area contributed by atoms with Gasteiger partial charge in [-0.15, -0.1) is 0 Å². The second kappa shape index (κ2) is 9.17. The van der Waals surface area contributed by atoms with Crippen LogP contribution in [-0.2, 0) is 9.59 Å². The summed E-state index contributed by atoms with van der Waals surface area (Å²) in [6.07, 6.45) is 0.967. The van der Waals surface area contributed by atoms with Crippen LogP contribution in [0.3, 0.4) is 0 Å². The lowest BCUT2D eigenvalue weighted by atomic mass is 9.68. The summed E-state index contributed by atoms with van der Waals surface area (Å²) in [5, 5.41) is 5.81. The SMILES string of the molecule is COc1ccc(C2C(C(=O)Nc3ccc(F)cc3F)=C(C)NC3=C2C(=O)CC(C)(C)C3)cc1OC. The van der Waals surface area contributed by atoms with Crippen molar-refractivity contribution in [1.29, 1.82) is 0 Å². The standard InChI is InChI=1S/C27H28F2N2O4/c1-14-23(26(33)31-18-8-7-16(28)11-17(18)29)24(15-6-9-21(34-4)22(10-15)35-5)25-19(30-14)12-27(2,3)13-20(25)32/h6-11,24,30H,12-13H2,1-5H3,(H,31,33). The molecule has 0 radical (unpaired) electrons. The van der Waals surface area contributed by atoms with E-state index in [-0.39, 0.29) is 22.5 Å². The summed E-state index contributed by atoms with van der Waals surface area (Å²) in [5.74, 6) is -2.04. The summed E-state index contributed by atoms with van der Waals surface area (Å²) in [7, 11) is 3.03. The van der Waals surface area contributed by atoms with E-state index in [9.17, 15) is 18.4 Å². The molecular formula is C27H28F2N2O4. The third kappa shape index (κ3) is 4.65. The number of ketones is 1. The third-order valence-electron chi connectivity index (χ3n) is 6.40. The molecule has 2 N–H and O–H groups in total. The van der Waals surface area contributed by atoms with Gasteiger partial charge in [0.15, 0.2) is 17.3 Å². The van der Waals surface area contributed by atoms with Gasteiger partial charge in [0.1, 0.15) is 11.6 Å². The minimum Gasteiger partial charge on any atom is -0.493 e. The maximum Gasteiger partial charge on any atom is 0.254 e. The van der Waals surface area contributed by atoms with Gasteiger partial charge in [-0.05, 0) is 48.6 Å². The summed E-state index contributed by atoms with van der Waals surface area (Å²) in [4.78, 5) is 26.9. The number of anilines is 1. The number of hydrogen-bond donors (Lipinski definition) is 2. The van der Waals surface area contributed by atoms with E-state index in [0.717, 1.165) is 11.8 Å². The number of carbonyl (C=O) groups is 2. The predicted molar refractivity (Wildman–Crippen MR) is 128 cm³/mol. The van der Waals surface area contributed by atoms with Crippen molar-refractivity contribution in [1.82, 2.24) is 5.32 Å². The first kappa shape index (κ1) is 24.4. The molecule has 1 amide bonds. The van der Waals surface area contributed by atoms with E-state index in [1.807, 2.05) is 13.8 Å². The largest absolute Gasteiger partial charge is 0.493 e. The monoisotopic (exact) mass is 482 g/mol. The Morgan fingerprint density at radius 2 is 1.77 bits per heavy atom. The summed E-state index contributed by atoms with van der Waals surface area (Å²) in [6.45, 7) is 5.81. The zero-order valence-corrected chi connectivity index (χ0v) is 20.3. The summed E-state index contributed by atoms with van der Waals surface area (Å²) < 4.78 is 38.5. The predicted octanol–water partition coefficient (Wildman–Crippen LogP) is 5.22. The van der Waals surface area contributed by atoms with Gasteiger partial charge in [0.2, 0.25) is 0 Å². The van der Waals surface area contributed by atoms with Gasteiger partial charge in [-0.2, -0.15) is 0 Å². The van der Waals surface area contributed by atoms with Gasteiger partial charge in [0, 0.05) is 40.9 Å². The fourth-order valence-corrected chi connectivity index (χ4v) is 4.88. The van der Waals surface area contributed by atoms with Crippen molar-refractivity contribution < 1.29 is 27.8 Å². The average molecular weight is 483 g/mol. The first-order chi connectivity index (χ1) is 16.5. The summed E-state index contributed by atoms with van der Waals surface area (Å²) >= 11 is 0. The van der Waals surface area contributed by atoms with E-state index in [0.29, 0.717) is 47.2 Å². The Balaban J connectivity index is 1.84. The molecule has 0 bridgehead atoms. The quantitative estimate of drug-likeness (QED) is 0.611. The van der Waals surface area contributed by atoms with Crippen molar-refractivity contribution in [3.8, 4) is 11.5 Å². The second-order valence-corrected chi connectivity index (χ2v) is 9.62. The fraction of sp³-hybridized carbons (Fsp3) is 0.333.